The van der Waals surface area contributed by atoms with Gasteiger partial charge in [-0.15, -0.1) is 11.3 Å². The molecule has 1 aromatic heterocycles. The highest BCUT2D eigenvalue weighted by Crippen LogP contribution is 2.31. The Kier molecular flexibility index (Phi) is 6.17. The molecule has 34 heavy (non-hydrogen) atoms. The van der Waals surface area contributed by atoms with E-state index in [1.165, 1.54) is 39.9 Å². The number of fused-ring (bicyclic) bond motifs is 1. The number of rotatable bonds is 5. The molecule has 2 N–H and O–H groups in total. The minimum Gasteiger partial charge on any atom is -0.379 e. The lowest BCUT2D eigenvalue weighted by Gasteiger charge is -2.26. The Morgan fingerprint density at radius 2 is 1.85 bits per heavy atom. The predicted octanol–water partition coefficient (Wildman–Crippen LogP) is 2.97. The molecule has 0 spiro atoms. The number of thiazole rings is 1. The molecule has 0 saturated carbocycles. The molecule has 0 aliphatic carbocycles. The number of hydrogen-bond donors (Lipinski definition) is 2. The Labute approximate surface area is 200 Å². The van der Waals surface area contributed by atoms with Gasteiger partial charge in [0.2, 0.25) is 15.9 Å². The summed E-state index contributed by atoms with van der Waals surface area (Å²) in [5.74, 6) is -0.352. The predicted molar refractivity (Wildman–Crippen MR) is 128 cm³/mol. The van der Waals surface area contributed by atoms with Crippen LogP contribution in [0.4, 0.5) is 10.8 Å². The fourth-order valence-electron chi connectivity index (χ4n) is 3.89. The van der Waals surface area contributed by atoms with Gasteiger partial charge in [0.25, 0.3) is 5.91 Å². The first kappa shape index (κ1) is 22.7. The van der Waals surface area contributed by atoms with Crippen LogP contribution in [0.1, 0.15) is 22.3 Å². The third-order valence-corrected chi connectivity index (χ3v) is 8.42. The van der Waals surface area contributed by atoms with Crippen LogP contribution < -0.4 is 10.6 Å². The molecule has 3 aromatic rings. The van der Waals surface area contributed by atoms with Crippen molar-refractivity contribution in [1.82, 2.24) is 9.29 Å². The number of anilines is 2. The standard InChI is InChI=1S/C23H22N4O5S2/c28-21-8-4-16-13-17(3-7-19(16)24-21)20-14-33-23(25-20)26-22(29)15-1-5-18(6-2-15)34(30,31)27-9-11-32-12-10-27/h1-3,5-7,13-14H,4,8-12H2,(H,24,28)(H,25,26,29). The summed E-state index contributed by atoms with van der Waals surface area (Å²) in [6.07, 6.45) is 1.14. The van der Waals surface area contributed by atoms with Gasteiger partial charge in [-0.25, -0.2) is 13.4 Å². The van der Waals surface area contributed by atoms with E-state index in [-0.39, 0.29) is 16.7 Å². The lowest BCUT2D eigenvalue weighted by molar-refractivity contribution is -0.116. The largest absolute Gasteiger partial charge is 0.379 e. The molecule has 2 aliphatic rings. The van der Waals surface area contributed by atoms with Crippen molar-refractivity contribution in [3.8, 4) is 11.3 Å². The quantitative estimate of drug-likeness (QED) is 0.559. The summed E-state index contributed by atoms with van der Waals surface area (Å²) in [5, 5.41) is 7.93. The number of carbonyl (C=O) groups excluding carboxylic acids is 2. The summed E-state index contributed by atoms with van der Waals surface area (Å²) in [6, 6.07) is 11.6. The van der Waals surface area contributed by atoms with E-state index < -0.39 is 10.0 Å². The summed E-state index contributed by atoms with van der Waals surface area (Å²) in [7, 11) is -3.61. The lowest BCUT2D eigenvalue weighted by Crippen LogP contribution is -2.40. The van der Waals surface area contributed by atoms with Crippen LogP contribution in [0, 0.1) is 0 Å². The fourth-order valence-corrected chi connectivity index (χ4v) is 6.01. The van der Waals surface area contributed by atoms with Gasteiger partial charge in [-0.1, -0.05) is 6.07 Å². The molecule has 5 rings (SSSR count). The lowest BCUT2D eigenvalue weighted by atomic mass is 9.99. The Hall–Kier alpha value is -3.12. The van der Waals surface area contributed by atoms with E-state index in [0.717, 1.165) is 22.5 Å². The average Bonchev–Trinajstić information content (AvgIpc) is 3.32. The topological polar surface area (TPSA) is 118 Å². The zero-order valence-corrected chi connectivity index (χ0v) is 19.7. The van der Waals surface area contributed by atoms with Crippen molar-refractivity contribution in [2.24, 2.45) is 0 Å². The van der Waals surface area contributed by atoms with E-state index in [0.29, 0.717) is 49.8 Å². The van der Waals surface area contributed by atoms with E-state index in [2.05, 4.69) is 15.6 Å². The van der Waals surface area contributed by atoms with E-state index in [1.54, 1.807) is 0 Å². The SMILES string of the molecule is O=C1CCc2cc(-c3csc(NC(=O)c4ccc(S(=O)(=O)N5CCOCC5)cc4)n3)ccc2N1. The van der Waals surface area contributed by atoms with Crippen molar-refractivity contribution in [3.05, 3.63) is 59.0 Å². The summed E-state index contributed by atoms with van der Waals surface area (Å²) >= 11 is 1.30. The second-order valence-corrected chi connectivity index (χ2v) is 10.7. The monoisotopic (exact) mass is 498 g/mol. The first-order valence-electron chi connectivity index (χ1n) is 10.8. The van der Waals surface area contributed by atoms with Gasteiger partial charge in [0.1, 0.15) is 0 Å². The molecule has 9 nitrogen and oxygen atoms in total. The van der Waals surface area contributed by atoms with E-state index in [1.807, 2.05) is 23.6 Å². The van der Waals surface area contributed by atoms with Crippen LogP contribution in [0.15, 0.2) is 52.7 Å². The van der Waals surface area contributed by atoms with Crippen LogP contribution in [-0.2, 0) is 26.0 Å². The number of benzene rings is 2. The average molecular weight is 499 g/mol. The number of carbonyl (C=O) groups is 2. The molecule has 176 valence electrons. The van der Waals surface area contributed by atoms with Crippen LogP contribution >= 0.6 is 11.3 Å². The molecule has 1 saturated heterocycles. The fraction of sp³-hybridized carbons (Fsp3) is 0.261. The molecule has 2 aromatic carbocycles. The van der Waals surface area contributed by atoms with Crippen LogP contribution in [0.2, 0.25) is 0 Å². The molecular weight excluding hydrogens is 476 g/mol. The summed E-state index contributed by atoms with van der Waals surface area (Å²) in [4.78, 5) is 28.9. The molecule has 0 unspecified atom stereocenters. The number of ether oxygens (including phenoxy) is 1. The van der Waals surface area contributed by atoms with E-state index in [4.69, 9.17) is 4.74 Å². The third kappa shape index (κ3) is 4.60. The van der Waals surface area contributed by atoms with Crippen molar-refractivity contribution in [3.63, 3.8) is 0 Å². The molecule has 2 amide bonds. The molecule has 2 aliphatic heterocycles. The number of aryl methyl sites for hydroxylation is 1. The maximum Gasteiger partial charge on any atom is 0.257 e. The van der Waals surface area contributed by atoms with Gasteiger partial charge in [-0.2, -0.15) is 4.31 Å². The van der Waals surface area contributed by atoms with Gasteiger partial charge in [-0.3, -0.25) is 14.9 Å². The van der Waals surface area contributed by atoms with Crippen molar-refractivity contribution in [2.75, 3.05) is 36.9 Å². The smallest absolute Gasteiger partial charge is 0.257 e. The first-order valence-corrected chi connectivity index (χ1v) is 13.1. The number of nitrogens with one attached hydrogen (secondary N) is 2. The number of amides is 2. The normalized spacial score (nSPS) is 16.5. The summed E-state index contributed by atoms with van der Waals surface area (Å²) in [5.41, 5.74) is 3.85. The second kappa shape index (κ2) is 9.26. The number of hydrogen-bond acceptors (Lipinski definition) is 7. The van der Waals surface area contributed by atoms with Crippen LogP contribution in [0.25, 0.3) is 11.3 Å². The molecular formula is C23H22N4O5S2. The van der Waals surface area contributed by atoms with Crippen LogP contribution in [0.5, 0.6) is 0 Å². The van der Waals surface area contributed by atoms with Crippen molar-refractivity contribution < 1.29 is 22.7 Å². The van der Waals surface area contributed by atoms with Gasteiger partial charge in [0, 0.05) is 41.7 Å². The molecule has 3 heterocycles. The van der Waals surface area contributed by atoms with Crippen LogP contribution in [0.3, 0.4) is 0 Å². The van der Waals surface area contributed by atoms with E-state index >= 15 is 0 Å². The van der Waals surface area contributed by atoms with Crippen molar-refractivity contribution >= 4 is 44.0 Å². The third-order valence-electron chi connectivity index (χ3n) is 5.75. The van der Waals surface area contributed by atoms with Gasteiger partial charge in [0.15, 0.2) is 5.13 Å². The highest BCUT2D eigenvalue weighted by atomic mass is 32.2. The maximum absolute atomic E-state index is 12.7. The molecule has 0 bridgehead atoms. The first-order chi connectivity index (χ1) is 16.4. The number of nitrogens with zero attached hydrogens (tertiary/aromatic N) is 2. The van der Waals surface area contributed by atoms with Gasteiger partial charge in [0.05, 0.1) is 23.8 Å². The Bertz CT molecular complexity index is 1350. The number of sulfonamides is 1. The highest BCUT2D eigenvalue weighted by molar-refractivity contribution is 7.89. The van der Waals surface area contributed by atoms with Crippen molar-refractivity contribution in [2.45, 2.75) is 17.7 Å². The highest BCUT2D eigenvalue weighted by Gasteiger charge is 2.26. The maximum atomic E-state index is 12.7. The van der Waals surface area contributed by atoms with Crippen LogP contribution in [-0.4, -0.2) is 55.8 Å². The van der Waals surface area contributed by atoms with E-state index in [9.17, 15) is 18.0 Å². The van der Waals surface area contributed by atoms with Crippen molar-refractivity contribution in [1.29, 1.82) is 0 Å². The van der Waals surface area contributed by atoms with Gasteiger partial charge >= 0.3 is 0 Å². The minimum atomic E-state index is -3.61. The number of morpholine rings is 1. The minimum absolute atomic E-state index is 0.0191. The Morgan fingerprint density at radius 3 is 2.62 bits per heavy atom. The molecule has 11 heteroatoms. The molecule has 0 radical (unpaired) electrons. The molecule has 0 atom stereocenters. The number of aromatic nitrogens is 1. The Morgan fingerprint density at radius 1 is 1.09 bits per heavy atom. The summed E-state index contributed by atoms with van der Waals surface area (Å²) in [6.45, 7) is 1.38. The van der Waals surface area contributed by atoms with Gasteiger partial charge < -0.3 is 10.1 Å². The zero-order valence-electron chi connectivity index (χ0n) is 18.1. The molecule has 1 fully saturated rings. The van der Waals surface area contributed by atoms with Gasteiger partial charge in [-0.05, 0) is 48.4 Å². The Balaban J connectivity index is 1.27. The summed E-state index contributed by atoms with van der Waals surface area (Å²) < 4.78 is 32.1. The zero-order chi connectivity index (χ0) is 23.7. The second-order valence-electron chi connectivity index (χ2n) is 7.95.